The zero-order valence-corrected chi connectivity index (χ0v) is 18.8. The highest BCUT2D eigenvalue weighted by Crippen LogP contribution is 2.11. The van der Waals surface area contributed by atoms with Crippen molar-refractivity contribution in [2.75, 3.05) is 33.2 Å². The van der Waals surface area contributed by atoms with E-state index in [9.17, 15) is 13.2 Å². The minimum Gasteiger partial charge on any atom is -0.357 e. The molecule has 8 nitrogen and oxygen atoms in total. The van der Waals surface area contributed by atoms with E-state index in [1.165, 1.54) is 7.05 Å². The van der Waals surface area contributed by atoms with Gasteiger partial charge in [-0.2, -0.15) is 0 Å². The van der Waals surface area contributed by atoms with Crippen LogP contribution >= 0.6 is 24.0 Å². The van der Waals surface area contributed by atoms with Crippen molar-refractivity contribution >= 4 is 45.9 Å². The number of likely N-dealkylation sites (tertiary alicyclic amines) is 1. The largest absolute Gasteiger partial charge is 0.357 e. The topological polar surface area (TPSA) is 103 Å². The van der Waals surface area contributed by atoms with Crippen molar-refractivity contribution in [3.63, 3.8) is 0 Å². The van der Waals surface area contributed by atoms with Gasteiger partial charge in [0.15, 0.2) is 5.96 Å². The maximum Gasteiger partial charge on any atom is 0.241 e. The molecular formula is C17H28IN5O3S. The van der Waals surface area contributed by atoms with Crippen molar-refractivity contribution in [2.45, 2.75) is 31.2 Å². The molecule has 1 aliphatic heterocycles. The van der Waals surface area contributed by atoms with Crippen LogP contribution in [0.3, 0.4) is 0 Å². The number of hydrogen-bond donors (Lipinski definition) is 3. The molecule has 1 saturated heterocycles. The molecule has 1 heterocycles. The molecule has 1 aromatic rings. The molecule has 0 aromatic heterocycles. The van der Waals surface area contributed by atoms with E-state index in [1.807, 2.05) is 11.8 Å². The maximum atomic E-state index is 12.1. The molecule has 0 unspecified atom stereocenters. The van der Waals surface area contributed by atoms with Crippen LogP contribution in [0.1, 0.15) is 25.3 Å². The SMILES string of the molecule is CCNC(=NCc1ccc(S(=O)(=O)NC)cc1)NCC(=O)N1CCCC1.I. The number of nitrogens with zero attached hydrogens (tertiary/aromatic N) is 2. The molecule has 0 aliphatic carbocycles. The third-order valence-electron chi connectivity index (χ3n) is 4.13. The van der Waals surface area contributed by atoms with Crippen LogP contribution in [0, 0.1) is 0 Å². The second-order valence-electron chi connectivity index (χ2n) is 5.99. The number of sulfonamides is 1. The van der Waals surface area contributed by atoms with Gasteiger partial charge in [0, 0.05) is 19.6 Å². The lowest BCUT2D eigenvalue weighted by molar-refractivity contribution is -0.128. The number of nitrogens with one attached hydrogen (secondary N) is 3. The van der Waals surface area contributed by atoms with Crippen LogP contribution in [-0.2, 0) is 21.4 Å². The van der Waals surface area contributed by atoms with Crippen molar-refractivity contribution in [1.82, 2.24) is 20.3 Å². The first kappa shape index (κ1) is 23.6. The van der Waals surface area contributed by atoms with Crippen LogP contribution in [0.15, 0.2) is 34.2 Å². The predicted molar refractivity (Wildman–Crippen MR) is 117 cm³/mol. The van der Waals surface area contributed by atoms with Gasteiger partial charge in [-0.3, -0.25) is 4.79 Å². The molecule has 0 radical (unpaired) electrons. The fourth-order valence-electron chi connectivity index (χ4n) is 2.64. The number of guanidine groups is 1. The van der Waals surface area contributed by atoms with Crippen molar-refractivity contribution < 1.29 is 13.2 Å². The van der Waals surface area contributed by atoms with Crippen LogP contribution in [0.4, 0.5) is 0 Å². The van der Waals surface area contributed by atoms with Crippen LogP contribution in [0.5, 0.6) is 0 Å². The smallest absolute Gasteiger partial charge is 0.241 e. The molecular weight excluding hydrogens is 481 g/mol. The van der Waals surface area contributed by atoms with Gasteiger partial charge >= 0.3 is 0 Å². The number of amides is 1. The third kappa shape index (κ3) is 7.26. The molecule has 27 heavy (non-hydrogen) atoms. The molecule has 1 aliphatic rings. The van der Waals surface area contributed by atoms with E-state index >= 15 is 0 Å². The second kappa shape index (κ2) is 11.4. The van der Waals surface area contributed by atoms with Crippen molar-refractivity contribution in [3.05, 3.63) is 29.8 Å². The highest BCUT2D eigenvalue weighted by molar-refractivity contribution is 14.0. The summed E-state index contributed by atoms with van der Waals surface area (Å²) in [4.78, 5) is 18.6. The first-order valence-corrected chi connectivity index (χ1v) is 10.3. The molecule has 0 atom stereocenters. The van der Waals surface area contributed by atoms with Gasteiger partial charge in [0.25, 0.3) is 0 Å². The van der Waals surface area contributed by atoms with Crippen LogP contribution in [0.2, 0.25) is 0 Å². The maximum absolute atomic E-state index is 12.1. The van der Waals surface area contributed by atoms with Gasteiger partial charge in [-0.15, -0.1) is 24.0 Å². The van der Waals surface area contributed by atoms with E-state index in [-0.39, 0.29) is 41.3 Å². The summed E-state index contributed by atoms with van der Waals surface area (Å²) >= 11 is 0. The fraction of sp³-hybridized carbons (Fsp3) is 0.529. The molecule has 1 amide bonds. The zero-order valence-electron chi connectivity index (χ0n) is 15.7. The lowest BCUT2D eigenvalue weighted by atomic mass is 10.2. The highest BCUT2D eigenvalue weighted by Gasteiger charge is 2.17. The molecule has 0 spiro atoms. The summed E-state index contributed by atoms with van der Waals surface area (Å²) < 4.78 is 25.7. The number of rotatable bonds is 7. The summed E-state index contributed by atoms with van der Waals surface area (Å²) in [6.45, 7) is 4.89. The Morgan fingerprint density at radius 1 is 1.15 bits per heavy atom. The van der Waals surface area contributed by atoms with Crippen molar-refractivity contribution in [1.29, 1.82) is 0 Å². The van der Waals surface area contributed by atoms with E-state index < -0.39 is 10.0 Å². The van der Waals surface area contributed by atoms with Crippen molar-refractivity contribution in [2.24, 2.45) is 4.99 Å². The Balaban J connectivity index is 0.00000364. The van der Waals surface area contributed by atoms with Crippen molar-refractivity contribution in [3.8, 4) is 0 Å². The predicted octanol–water partition coefficient (Wildman–Crippen LogP) is 0.890. The van der Waals surface area contributed by atoms with E-state index in [1.54, 1.807) is 24.3 Å². The van der Waals surface area contributed by atoms with Gasteiger partial charge in [0.05, 0.1) is 18.0 Å². The minimum absolute atomic E-state index is 0. The first-order chi connectivity index (χ1) is 12.5. The van der Waals surface area contributed by atoms with Crippen LogP contribution in [-0.4, -0.2) is 58.4 Å². The molecule has 2 rings (SSSR count). The summed E-state index contributed by atoms with van der Waals surface area (Å²) in [5.74, 6) is 0.640. The molecule has 0 bridgehead atoms. The summed E-state index contributed by atoms with van der Waals surface area (Å²) in [6, 6.07) is 6.56. The Hall–Kier alpha value is -1.40. The highest BCUT2D eigenvalue weighted by atomic mass is 127. The lowest BCUT2D eigenvalue weighted by Gasteiger charge is -2.17. The van der Waals surface area contributed by atoms with Gasteiger partial charge in [-0.1, -0.05) is 12.1 Å². The summed E-state index contributed by atoms with van der Waals surface area (Å²) in [6.07, 6.45) is 2.14. The normalized spacial score (nSPS) is 14.6. The Bertz CT molecular complexity index is 731. The third-order valence-corrected chi connectivity index (χ3v) is 5.56. The monoisotopic (exact) mass is 509 g/mol. The molecule has 1 aromatic carbocycles. The zero-order chi connectivity index (χ0) is 19.0. The van der Waals surface area contributed by atoms with E-state index in [0.29, 0.717) is 19.0 Å². The summed E-state index contributed by atoms with van der Waals surface area (Å²) in [5, 5.41) is 6.16. The van der Waals surface area contributed by atoms with Gasteiger partial charge in [0.2, 0.25) is 15.9 Å². The molecule has 152 valence electrons. The Labute approximate surface area is 178 Å². The van der Waals surface area contributed by atoms with Crippen LogP contribution in [0.25, 0.3) is 0 Å². The number of aliphatic imine (C=N–C) groups is 1. The number of benzene rings is 1. The standard InChI is InChI=1S/C17H27N5O3S.HI/c1-3-19-17(21-13-16(23)22-10-4-5-11-22)20-12-14-6-8-15(9-7-14)26(24,25)18-2;/h6-9,18H,3-5,10-13H2,1-2H3,(H2,19,20,21);1H. The summed E-state index contributed by atoms with van der Waals surface area (Å²) in [5.41, 5.74) is 0.878. The molecule has 0 saturated carbocycles. The van der Waals surface area contributed by atoms with Gasteiger partial charge in [-0.05, 0) is 44.5 Å². The van der Waals surface area contributed by atoms with E-state index in [0.717, 1.165) is 31.5 Å². The average Bonchev–Trinajstić information content (AvgIpc) is 3.19. The lowest BCUT2D eigenvalue weighted by Crippen LogP contribution is -2.44. The number of hydrogen-bond acceptors (Lipinski definition) is 4. The van der Waals surface area contributed by atoms with Gasteiger partial charge in [-0.25, -0.2) is 18.1 Å². The molecule has 10 heteroatoms. The minimum atomic E-state index is -3.43. The fourth-order valence-corrected chi connectivity index (χ4v) is 3.37. The Morgan fingerprint density at radius 3 is 2.33 bits per heavy atom. The second-order valence-corrected chi connectivity index (χ2v) is 7.87. The van der Waals surface area contributed by atoms with Gasteiger partial charge < -0.3 is 15.5 Å². The molecule has 3 N–H and O–H groups in total. The first-order valence-electron chi connectivity index (χ1n) is 8.78. The van der Waals surface area contributed by atoms with Crippen LogP contribution < -0.4 is 15.4 Å². The summed E-state index contributed by atoms with van der Waals surface area (Å²) in [7, 11) is -2.05. The van der Waals surface area contributed by atoms with Gasteiger partial charge in [0.1, 0.15) is 0 Å². The number of halogens is 1. The van der Waals surface area contributed by atoms with E-state index in [2.05, 4.69) is 20.3 Å². The quantitative estimate of drug-likeness (QED) is 0.288. The molecule has 1 fully saturated rings. The average molecular weight is 509 g/mol. The Kier molecular flexibility index (Phi) is 10.0. The van der Waals surface area contributed by atoms with E-state index in [4.69, 9.17) is 0 Å². The Morgan fingerprint density at radius 2 is 1.78 bits per heavy atom. The number of carbonyl (C=O) groups is 1. The number of carbonyl (C=O) groups excluding carboxylic acids is 1.